The van der Waals surface area contributed by atoms with Crippen LogP contribution in [0.15, 0.2) is 24.3 Å². The van der Waals surface area contributed by atoms with Crippen molar-refractivity contribution in [2.75, 3.05) is 33.9 Å². The van der Waals surface area contributed by atoms with E-state index in [0.29, 0.717) is 0 Å². The molecule has 0 N–H and O–H groups in total. The number of hydrogen-bond acceptors (Lipinski definition) is 2. The van der Waals surface area contributed by atoms with Crippen LogP contribution in [0, 0.1) is 0 Å². The molecule has 154 valence electrons. The Morgan fingerprint density at radius 1 is 0.615 bits per heavy atom. The molecule has 2 nitrogen and oxygen atoms in total. The highest BCUT2D eigenvalue weighted by Crippen LogP contribution is 2.09. The Hall–Kier alpha value is -0.600. The molecule has 26 heavy (non-hydrogen) atoms. The number of ether oxygens (including phenoxy) is 1. The summed E-state index contributed by atoms with van der Waals surface area (Å²) in [6.07, 6.45) is 27.6. The highest BCUT2D eigenvalue weighted by atomic mass is 16.5. The van der Waals surface area contributed by atoms with Crippen LogP contribution in [-0.4, -0.2) is 38.8 Å². The lowest BCUT2D eigenvalue weighted by atomic mass is 10.1. The highest BCUT2D eigenvalue weighted by molar-refractivity contribution is 4.92. The normalized spacial score (nSPS) is 12.2. The zero-order valence-electron chi connectivity index (χ0n) is 18.2. The molecule has 0 unspecified atom stereocenters. The van der Waals surface area contributed by atoms with Gasteiger partial charge in [0, 0.05) is 13.2 Å². The van der Waals surface area contributed by atoms with E-state index >= 15 is 0 Å². The average Bonchev–Trinajstić information content (AvgIpc) is 2.62. The number of unbranched alkanes of at least 4 members (excludes halogenated alkanes) is 10. The Balaban J connectivity index is 3.11. The van der Waals surface area contributed by atoms with Crippen LogP contribution in [0.5, 0.6) is 0 Å². The maximum absolute atomic E-state index is 5.67. The first kappa shape index (κ1) is 25.4. The zero-order valence-corrected chi connectivity index (χ0v) is 18.2. The Morgan fingerprint density at radius 2 is 1.15 bits per heavy atom. The molecule has 0 atom stereocenters. The van der Waals surface area contributed by atoms with Gasteiger partial charge in [-0.05, 0) is 65.6 Å². The third-order valence-electron chi connectivity index (χ3n) is 4.63. The minimum Gasteiger partial charge on any atom is -0.381 e. The first-order chi connectivity index (χ1) is 12.8. The van der Waals surface area contributed by atoms with E-state index in [1.807, 2.05) is 0 Å². The van der Waals surface area contributed by atoms with Crippen molar-refractivity contribution in [1.82, 2.24) is 4.90 Å². The summed E-state index contributed by atoms with van der Waals surface area (Å²) in [4.78, 5) is 2.21. The van der Waals surface area contributed by atoms with Crippen LogP contribution in [0.4, 0.5) is 0 Å². The highest BCUT2D eigenvalue weighted by Gasteiger charge is 1.94. The van der Waals surface area contributed by atoms with Crippen molar-refractivity contribution in [3.63, 3.8) is 0 Å². The third-order valence-corrected chi connectivity index (χ3v) is 4.63. The van der Waals surface area contributed by atoms with Gasteiger partial charge in [-0.3, -0.25) is 0 Å². The van der Waals surface area contributed by atoms with Gasteiger partial charge < -0.3 is 9.64 Å². The van der Waals surface area contributed by atoms with Crippen molar-refractivity contribution in [2.24, 2.45) is 0 Å². The number of allylic oxidation sites excluding steroid dienone is 4. The summed E-state index contributed by atoms with van der Waals surface area (Å²) in [5, 5.41) is 0. The lowest BCUT2D eigenvalue weighted by molar-refractivity contribution is 0.122. The fraction of sp³-hybridized carbons (Fsp3) is 0.833. The number of hydrogen-bond donors (Lipinski definition) is 0. The van der Waals surface area contributed by atoms with Gasteiger partial charge in [0.15, 0.2) is 0 Å². The van der Waals surface area contributed by atoms with Gasteiger partial charge in [-0.15, -0.1) is 0 Å². The molecule has 0 saturated carbocycles. The second-order valence-electron chi connectivity index (χ2n) is 7.71. The van der Waals surface area contributed by atoms with Crippen molar-refractivity contribution in [3.8, 4) is 0 Å². The first-order valence-corrected chi connectivity index (χ1v) is 11.3. The minimum absolute atomic E-state index is 0.917. The van der Waals surface area contributed by atoms with Crippen LogP contribution >= 0.6 is 0 Å². The maximum Gasteiger partial charge on any atom is 0.0478 e. The predicted molar refractivity (Wildman–Crippen MR) is 118 cm³/mol. The van der Waals surface area contributed by atoms with Crippen LogP contribution in [0.25, 0.3) is 0 Å². The van der Waals surface area contributed by atoms with Gasteiger partial charge in [0.1, 0.15) is 0 Å². The largest absolute Gasteiger partial charge is 0.381 e. The van der Waals surface area contributed by atoms with Gasteiger partial charge in [0.05, 0.1) is 0 Å². The topological polar surface area (TPSA) is 12.5 Å². The van der Waals surface area contributed by atoms with Crippen molar-refractivity contribution >= 4 is 0 Å². The molecule has 0 aliphatic heterocycles. The van der Waals surface area contributed by atoms with Crippen molar-refractivity contribution in [1.29, 1.82) is 0 Å². The summed E-state index contributed by atoms with van der Waals surface area (Å²) in [7, 11) is 4.23. The Labute approximate surface area is 165 Å². The second-order valence-corrected chi connectivity index (χ2v) is 7.71. The van der Waals surface area contributed by atoms with Crippen LogP contribution in [0.1, 0.15) is 96.8 Å². The molecule has 0 aromatic heterocycles. The minimum atomic E-state index is 0.917. The number of nitrogens with zero attached hydrogens (tertiary/aromatic N) is 1. The Bertz CT molecular complexity index is 309. The van der Waals surface area contributed by atoms with Crippen LogP contribution in [0.3, 0.4) is 0 Å². The molecule has 0 aromatic rings. The van der Waals surface area contributed by atoms with E-state index in [1.54, 1.807) is 0 Å². The standard InChI is InChI=1S/C24H47NO/c1-4-5-6-7-8-9-10-11-12-13-14-15-16-17-18-19-20-23-26-24-21-22-25(2)3/h8-9,11-12H,4-7,10,13-24H2,1-3H3. The van der Waals surface area contributed by atoms with E-state index in [4.69, 9.17) is 4.74 Å². The summed E-state index contributed by atoms with van der Waals surface area (Å²) in [5.74, 6) is 0. The predicted octanol–water partition coefficient (Wildman–Crippen LogP) is 7.16. The number of rotatable bonds is 20. The molecule has 0 saturated heterocycles. The van der Waals surface area contributed by atoms with Crippen molar-refractivity contribution in [3.05, 3.63) is 24.3 Å². The fourth-order valence-electron chi connectivity index (χ4n) is 2.95. The molecule has 0 rings (SSSR count). The summed E-state index contributed by atoms with van der Waals surface area (Å²) in [6, 6.07) is 0. The molecule has 0 aliphatic carbocycles. The molecular weight excluding hydrogens is 318 g/mol. The summed E-state index contributed by atoms with van der Waals surface area (Å²) in [5.41, 5.74) is 0. The van der Waals surface area contributed by atoms with E-state index < -0.39 is 0 Å². The first-order valence-electron chi connectivity index (χ1n) is 11.3. The summed E-state index contributed by atoms with van der Waals surface area (Å²) >= 11 is 0. The fourth-order valence-corrected chi connectivity index (χ4v) is 2.95. The quantitative estimate of drug-likeness (QED) is 0.168. The molecule has 2 heteroatoms. The molecule has 0 heterocycles. The van der Waals surface area contributed by atoms with Crippen LogP contribution < -0.4 is 0 Å². The van der Waals surface area contributed by atoms with Gasteiger partial charge in [0.25, 0.3) is 0 Å². The summed E-state index contributed by atoms with van der Waals surface area (Å²) in [6.45, 7) is 5.26. The Morgan fingerprint density at radius 3 is 1.77 bits per heavy atom. The molecule has 0 radical (unpaired) electrons. The van der Waals surface area contributed by atoms with Crippen molar-refractivity contribution in [2.45, 2.75) is 96.8 Å². The van der Waals surface area contributed by atoms with Crippen LogP contribution in [0.2, 0.25) is 0 Å². The van der Waals surface area contributed by atoms with Gasteiger partial charge in [-0.2, -0.15) is 0 Å². The zero-order chi connectivity index (χ0) is 19.1. The van der Waals surface area contributed by atoms with Crippen molar-refractivity contribution < 1.29 is 4.74 Å². The maximum atomic E-state index is 5.67. The van der Waals surface area contributed by atoms with Gasteiger partial charge in [0.2, 0.25) is 0 Å². The van der Waals surface area contributed by atoms with E-state index in [9.17, 15) is 0 Å². The van der Waals surface area contributed by atoms with E-state index in [2.05, 4.69) is 50.2 Å². The van der Waals surface area contributed by atoms with Gasteiger partial charge in [-0.1, -0.05) is 76.2 Å². The van der Waals surface area contributed by atoms with E-state index in [1.165, 1.54) is 77.0 Å². The average molecular weight is 366 g/mol. The monoisotopic (exact) mass is 365 g/mol. The Kier molecular flexibility index (Phi) is 21.9. The molecule has 0 aromatic carbocycles. The molecular formula is C24H47NO. The van der Waals surface area contributed by atoms with E-state index in [-0.39, 0.29) is 0 Å². The van der Waals surface area contributed by atoms with E-state index in [0.717, 1.165) is 32.6 Å². The second kappa shape index (κ2) is 22.4. The summed E-state index contributed by atoms with van der Waals surface area (Å²) < 4.78 is 5.67. The molecule has 0 amide bonds. The van der Waals surface area contributed by atoms with Crippen LogP contribution in [-0.2, 0) is 4.74 Å². The molecule has 0 bridgehead atoms. The molecule has 0 spiro atoms. The molecule has 0 aliphatic rings. The lowest BCUT2D eigenvalue weighted by Gasteiger charge is -2.09. The lowest BCUT2D eigenvalue weighted by Crippen LogP contribution is -2.14. The smallest absolute Gasteiger partial charge is 0.0478 e. The van der Waals surface area contributed by atoms with Gasteiger partial charge in [-0.25, -0.2) is 0 Å². The molecule has 0 fully saturated rings. The van der Waals surface area contributed by atoms with Gasteiger partial charge >= 0.3 is 0 Å². The SMILES string of the molecule is CCCCCC=CCC=CCCCCCCCCCOCCCN(C)C. The third kappa shape index (κ3) is 23.4.